The van der Waals surface area contributed by atoms with E-state index in [1.165, 1.54) is 24.4 Å². The molecule has 1 aromatic rings. The Hall–Kier alpha value is -0.130. The summed E-state index contributed by atoms with van der Waals surface area (Å²) in [5.74, 6) is 2.11. The number of nitrogens with two attached hydrogens (primary N) is 1. The van der Waals surface area contributed by atoms with Crippen molar-refractivity contribution in [2.45, 2.75) is 36.9 Å². The van der Waals surface area contributed by atoms with Gasteiger partial charge in [-0.15, -0.1) is 0 Å². The maximum Gasteiger partial charge on any atom is 0.170 e. The van der Waals surface area contributed by atoms with Crippen molar-refractivity contribution in [2.75, 3.05) is 12.3 Å². The van der Waals surface area contributed by atoms with E-state index in [1.54, 1.807) is 0 Å². The van der Waals surface area contributed by atoms with Crippen LogP contribution in [0.1, 0.15) is 32.0 Å². The normalized spacial score (nSPS) is 10.7. The van der Waals surface area contributed by atoms with Crippen LogP contribution in [0.3, 0.4) is 0 Å². The van der Waals surface area contributed by atoms with E-state index in [1.807, 2.05) is 11.8 Å². The van der Waals surface area contributed by atoms with Gasteiger partial charge in [-0.25, -0.2) is 4.98 Å². The summed E-state index contributed by atoms with van der Waals surface area (Å²) in [6, 6.07) is 0. The van der Waals surface area contributed by atoms with Gasteiger partial charge in [0.15, 0.2) is 4.34 Å². The van der Waals surface area contributed by atoms with Crippen molar-refractivity contribution >= 4 is 23.3 Å². The average Bonchev–Trinajstić information content (AvgIpc) is 2.65. The Morgan fingerprint density at radius 3 is 2.86 bits per heavy atom. The van der Waals surface area contributed by atoms with Crippen LogP contribution in [0.15, 0.2) is 4.34 Å². The topological polar surface area (TPSA) is 51.8 Å². The fraction of sp³-hybridized carbons (Fsp3) is 0.778. The first kappa shape index (κ1) is 11.9. The standard InChI is InChI=1S/C9H17N3S2/c1-2-8-11-9(14-12-8)13-7-5-3-4-6-10/h2-7,10H2,1H3. The number of unbranched alkanes of at least 4 members (excludes halogenated alkanes) is 2. The second-order valence-electron chi connectivity index (χ2n) is 3.03. The summed E-state index contributed by atoms with van der Waals surface area (Å²) in [7, 11) is 0. The summed E-state index contributed by atoms with van der Waals surface area (Å²) < 4.78 is 5.35. The molecule has 0 atom stereocenters. The summed E-state index contributed by atoms with van der Waals surface area (Å²) in [4.78, 5) is 4.39. The number of rotatable bonds is 7. The van der Waals surface area contributed by atoms with E-state index in [0.717, 1.165) is 35.3 Å². The van der Waals surface area contributed by atoms with Crippen molar-refractivity contribution in [3.05, 3.63) is 5.82 Å². The third kappa shape index (κ3) is 4.39. The Bertz CT molecular complexity index is 250. The van der Waals surface area contributed by atoms with E-state index in [-0.39, 0.29) is 0 Å². The molecule has 0 bridgehead atoms. The van der Waals surface area contributed by atoms with Gasteiger partial charge in [0.05, 0.1) is 0 Å². The predicted molar refractivity (Wildman–Crippen MR) is 62.9 cm³/mol. The van der Waals surface area contributed by atoms with Crippen molar-refractivity contribution in [2.24, 2.45) is 5.73 Å². The van der Waals surface area contributed by atoms with Crippen molar-refractivity contribution in [3.63, 3.8) is 0 Å². The molecule has 2 N–H and O–H groups in total. The van der Waals surface area contributed by atoms with Crippen LogP contribution in [0, 0.1) is 0 Å². The highest BCUT2D eigenvalue weighted by Crippen LogP contribution is 2.21. The second-order valence-corrected chi connectivity index (χ2v) is 5.12. The number of aromatic nitrogens is 2. The Morgan fingerprint density at radius 2 is 2.21 bits per heavy atom. The van der Waals surface area contributed by atoms with Gasteiger partial charge in [-0.1, -0.05) is 25.1 Å². The predicted octanol–water partition coefficient (Wildman–Crippen LogP) is 2.32. The molecule has 14 heavy (non-hydrogen) atoms. The molecule has 0 aromatic carbocycles. The summed E-state index contributed by atoms with van der Waals surface area (Å²) in [5.41, 5.74) is 5.42. The van der Waals surface area contributed by atoms with E-state index in [4.69, 9.17) is 5.73 Å². The highest BCUT2D eigenvalue weighted by atomic mass is 32.2. The number of hydrogen-bond acceptors (Lipinski definition) is 5. The van der Waals surface area contributed by atoms with Gasteiger partial charge in [-0.3, -0.25) is 0 Å². The summed E-state index contributed by atoms with van der Waals surface area (Å²) in [6.45, 7) is 2.89. The van der Waals surface area contributed by atoms with Crippen LogP contribution in [0.4, 0.5) is 0 Å². The molecule has 1 rings (SSSR count). The molecule has 0 saturated carbocycles. The molecule has 0 aliphatic rings. The lowest BCUT2D eigenvalue weighted by molar-refractivity contribution is 0.732. The molecular formula is C9H17N3S2. The van der Waals surface area contributed by atoms with Crippen molar-refractivity contribution in [3.8, 4) is 0 Å². The quantitative estimate of drug-likeness (QED) is 0.578. The largest absolute Gasteiger partial charge is 0.330 e. The lowest BCUT2D eigenvalue weighted by atomic mass is 10.2. The van der Waals surface area contributed by atoms with Crippen LogP contribution < -0.4 is 5.73 Å². The van der Waals surface area contributed by atoms with E-state index >= 15 is 0 Å². The molecule has 5 heteroatoms. The summed E-state index contributed by atoms with van der Waals surface area (Å²) >= 11 is 3.33. The SMILES string of the molecule is CCc1nsc(SCCCCCN)n1. The fourth-order valence-electron chi connectivity index (χ4n) is 1.02. The minimum atomic E-state index is 0.809. The molecule has 1 aromatic heterocycles. The van der Waals surface area contributed by atoms with Crippen LogP contribution in [0.5, 0.6) is 0 Å². The molecule has 0 saturated heterocycles. The van der Waals surface area contributed by atoms with E-state index in [9.17, 15) is 0 Å². The maximum atomic E-state index is 5.42. The highest BCUT2D eigenvalue weighted by molar-refractivity contribution is 8.00. The minimum absolute atomic E-state index is 0.809. The number of nitrogens with zero attached hydrogens (tertiary/aromatic N) is 2. The highest BCUT2D eigenvalue weighted by Gasteiger charge is 2.01. The molecular weight excluding hydrogens is 214 g/mol. The summed E-state index contributed by atoms with van der Waals surface area (Å²) in [6.07, 6.45) is 4.52. The Labute approximate surface area is 93.7 Å². The lowest BCUT2D eigenvalue weighted by Gasteiger charge is -1.96. The van der Waals surface area contributed by atoms with Crippen molar-refractivity contribution in [1.29, 1.82) is 0 Å². The molecule has 0 radical (unpaired) electrons. The van der Waals surface area contributed by atoms with E-state index in [2.05, 4.69) is 16.3 Å². The molecule has 0 unspecified atom stereocenters. The van der Waals surface area contributed by atoms with Gasteiger partial charge in [-0.05, 0) is 30.9 Å². The molecule has 80 valence electrons. The van der Waals surface area contributed by atoms with Crippen LogP contribution >= 0.6 is 23.3 Å². The smallest absolute Gasteiger partial charge is 0.170 e. The van der Waals surface area contributed by atoms with Gasteiger partial charge in [0.25, 0.3) is 0 Å². The number of thioether (sulfide) groups is 1. The third-order valence-electron chi connectivity index (χ3n) is 1.84. The Kier molecular flexibility index (Phi) is 6.14. The molecule has 0 aliphatic heterocycles. The maximum absolute atomic E-state index is 5.42. The monoisotopic (exact) mass is 231 g/mol. The molecule has 0 aliphatic carbocycles. The van der Waals surface area contributed by atoms with Crippen LogP contribution in [-0.2, 0) is 6.42 Å². The first-order valence-electron chi connectivity index (χ1n) is 5.02. The zero-order chi connectivity index (χ0) is 10.2. The zero-order valence-corrected chi connectivity index (χ0v) is 10.2. The number of hydrogen-bond donors (Lipinski definition) is 1. The second kappa shape index (κ2) is 7.20. The first-order chi connectivity index (χ1) is 6.86. The summed E-state index contributed by atoms with van der Waals surface area (Å²) in [5, 5.41) is 0. The molecule has 1 heterocycles. The molecule has 0 amide bonds. The van der Waals surface area contributed by atoms with Gasteiger partial charge >= 0.3 is 0 Å². The fourth-order valence-corrected chi connectivity index (χ4v) is 2.79. The van der Waals surface area contributed by atoms with E-state index in [0.29, 0.717) is 0 Å². The zero-order valence-electron chi connectivity index (χ0n) is 8.53. The van der Waals surface area contributed by atoms with Gasteiger partial charge in [0.2, 0.25) is 0 Å². The Morgan fingerprint density at radius 1 is 1.36 bits per heavy atom. The van der Waals surface area contributed by atoms with Gasteiger partial charge in [0.1, 0.15) is 5.82 Å². The van der Waals surface area contributed by atoms with E-state index < -0.39 is 0 Å². The molecule has 3 nitrogen and oxygen atoms in total. The van der Waals surface area contributed by atoms with Crippen molar-refractivity contribution in [1.82, 2.24) is 9.36 Å². The van der Waals surface area contributed by atoms with Gasteiger partial charge in [0, 0.05) is 12.2 Å². The third-order valence-corrected chi connectivity index (χ3v) is 3.80. The Balaban J connectivity index is 2.12. The van der Waals surface area contributed by atoms with Crippen molar-refractivity contribution < 1.29 is 0 Å². The number of aryl methyl sites for hydroxylation is 1. The van der Waals surface area contributed by atoms with Crippen LogP contribution in [0.25, 0.3) is 0 Å². The minimum Gasteiger partial charge on any atom is -0.330 e. The van der Waals surface area contributed by atoms with Gasteiger partial charge < -0.3 is 5.73 Å². The van der Waals surface area contributed by atoms with Gasteiger partial charge in [-0.2, -0.15) is 4.37 Å². The molecule has 0 fully saturated rings. The van der Waals surface area contributed by atoms with Crippen LogP contribution in [0.2, 0.25) is 0 Å². The molecule has 0 spiro atoms. The lowest BCUT2D eigenvalue weighted by Crippen LogP contribution is -1.97. The van der Waals surface area contributed by atoms with Crippen LogP contribution in [-0.4, -0.2) is 21.7 Å². The first-order valence-corrected chi connectivity index (χ1v) is 6.78. The average molecular weight is 231 g/mol.